The molecule has 5 nitrogen and oxygen atoms in total. The summed E-state index contributed by atoms with van der Waals surface area (Å²) in [4.78, 5) is 11.2. The minimum Gasteiger partial charge on any atom is -0.464 e. The number of hydrogen-bond donors (Lipinski definition) is 1. The third kappa shape index (κ3) is 4.94. The van der Waals surface area contributed by atoms with Gasteiger partial charge in [0.2, 0.25) is 0 Å². The lowest BCUT2D eigenvalue weighted by Gasteiger charge is -2.11. The molecule has 6 heteroatoms. The van der Waals surface area contributed by atoms with E-state index >= 15 is 0 Å². The van der Waals surface area contributed by atoms with E-state index in [1.807, 2.05) is 13.8 Å². The predicted octanol–water partition coefficient (Wildman–Crippen LogP) is -0.0377. The molecule has 0 aromatic rings. The Kier molecular flexibility index (Phi) is 4.73. The fourth-order valence-electron chi connectivity index (χ4n) is 1.49. The fourth-order valence-corrected chi connectivity index (χ4v) is 3.20. The smallest absolute Gasteiger partial charge is 0.319 e. The zero-order valence-corrected chi connectivity index (χ0v) is 10.5. The van der Waals surface area contributed by atoms with Crippen LogP contribution in [0.3, 0.4) is 0 Å². The average Bonchev–Trinajstić information content (AvgIpc) is 2.52. The lowest BCUT2D eigenvalue weighted by Crippen LogP contribution is -2.35. The first-order valence-electron chi connectivity index (χ1n) is 5.48. The maximum atomic E-state index is 11.2. The zero-order chi connectivity index (χ0) is 12.2. The first-order valence-corrected chi connectivity index (χ1v) is 7.30. The van der Waals surface area contributed by atoms with E-state index in [-0.39, 0.29) is 30.1 Å². The van der Waals surface area contributed by atoms with Gasteiger partial charge >= 0.3 is 5.97 Å². The lowest BCUT2D eigenvalue weighted by atomic mass is 10.2. The van der Waals surface area contributed by atoms with Gasteiger partial charge in [0.05, 0.1) is 24.7 Å². The van der Waals surface area contributed by atoms with Gasteiger partial charge in [-0.2, -0.15) is 0 Å². The van der Waals surface area contributed by atoms with E-state index in [2.05, 4.69) is 5.32 Å². The quantitative estimate of drug-likeness (QED) is 0.692. The molecule has 1 aliphatic rings. The standard InChI is InChI=1S/C10H19NO4S/c1-8(2)6-15-10(12)5-11-9-3-4-16(13,14)7-9/h8-9,11H,3-7H2,1-2H3. The van der Waals surface area contributed by atoms with Crippen LogP contribution in [0.4, 0.5) is 0 Å². The van der Waals surface area contributed by atoms with Gasteiger partial charge in [0.25, 0.3) is 0 Å². The van der Waals surface area contributed by atoms with Gasteiger partial charge in [-0.3, -0.25) is 4.79 Å². The second-order valence-electron chi connectivity index (χ2n) is 4.56. The SMILES string of the molecule is CC(C)COC(=O)CNC1CCS(=O)(=O)C1. The van der Waals surface area contributed by atoms with Crippen LogP contribution in [0.1, 0.15) is 20.3 Å². The Morgan fingerprint density at radius 1 is 1.50 bits per heavy atom. The number of hydrogen-bond acceptors (Lipinski definition) is 5. The molecule has 1 saturated heterocycles. The predicted molar refractivity (Wildman–Crippen MR) is 60.9 cm³/mol. The van der Waals surface area contributed by atoms with Crippen LogP contribution in [0.2, 0.25) is 0 Å². The molecule has 1 atom stereocenters. The van der Waals surface area contributed by atoms with Gasteiger partial charge in [0, 0.05) is 6.04 Å². The van der Waals surface area contributed by atoms with E-state index in [0.717, 1.165) is 0 Å². The molecule has 16 heavy (non-hydrogen) atoms. The first-order chi connectivity index (χ1) is 7.39. The van der Waals surface area contributed by atoms with Crippen molar-refractivity contribution < 1.29 is 17.9 Å². The van der Waals surface area contributed by atoms with Crippen molar-refractivity contribution in [2.45, 2.75) is 26.3 Å². The van der Waals surface area contributed by atoms with Crippen LogP contribution in [-0.2, 0) is 19.4 Å². The summed E-state index contributed by atoms with van der Waals surface area (Å²) in [5.74, 6) is 0.338. The molecule has 94 valence electrons. The normalized spacial score (nSPS) is 23.6. The van der Waals surface area contributed by atoms with E-state index in [1.165, 1.54) is 0 Å². The molecule has 0 aliphatic carbocycles. The molecular formula is C10H19NO4S. The van der Waals surface area contributed by atoms with Crippen molar-refractivity contribution in [3.63, 3.8) is 0 Å². The van der Waals surface area contributed by atoms with Crippen LogP contribution in [0, 0.1) is 5.92 Å². The maximum absolute atomic E-state index is 11.2. The molecule has 1 fully saturated rings. The Morgan fingerprint density at radius 2 is 2.19 bits per heavy atom. The van der Waals surface area contributed by atoms with Crippen molar-refractivity contribution in [3.8, 4) is 0 Å². The molecule has 0 bridgehead atoms. The van der Waals surface area contributed by atoms with E-state index < -0.39 is 9.84 Å². The van der Waals surface area contributed by atoms with Crippen LogP contribution >= 0.6 is 0 Å². The van der Waals surface area contributed by atoms with Crippen LogP contribution < -0.4 is 5.32 Å². The number of esters is 1. The Balaban J connectivity index is 2.18. The molecule has 0 radical (unpaired) electrons. The van der Waals surface area contributed by atoms with Crippen molar-refractivity contribution in [1.29, 1.82) is 0 Å². The lowest BCUT2D eigenvalue weighted by molar-refractivity contribution is -0.143. The fraction of sp³-hybridized carbons (Fsp3) is 0.900. The number of carbonyl (C=O) groups excluding carboxylic acids is 1. The van der Waals surface area contributed by atoms with Crippen molar-refractivity contribution in [1.82, 2.24) is 5.32 Å². The van der Waals surface area contributed by atoms with Gasteiger partial charge in [0.1, 0.15) is 0 Å². The first kappa shape index (κ1) is 13.4. The second kappa shape index (κ2) is 5.63. The van der Waals surface area contributed by atoms with E-state index in [4.69, 9.17) is 4.74 Å². The third-order valence-corrected chi connectivity index (χ3v) is 4.11. The minimum atomic E-state index is -2.88. The molecule has 1 unspecified atom stereocenters. The second-order valence-corrected chi connectivity index (χ2v) is 6.79. The summed E-state index contributed by atoms with van der Waals surface area (Å²) < 4.78 is 27.3. The van der Waals surface area contributed by atoms with Crippen LogP contribution in [0.5, 0.6) is 0 Å². The molecule has 1 aliphatic heterocycles. The van der Waals surface area contributed by atoms with Gasteiger partial charge in [-0.25, -0.2) is 8.42 Å². The molecule has 1 N–H and O–H groups in total. The van der Waals surface area contributed by atoms with E-state index in [0.29, 0.717) is 18.9 Å². The molecule has 0 amide bonds. The summed E-state index contributed by atoms with van der Waals surface area (Å²) in [7, 11) is -2.88. The van der Waals surface area contributed by atoms with Crippen molar-refractivity contribution in [2.24, 2.45) is 5.92 Å². The van der Waals surface area contributed by atoms with Gasteiger partial charge in [-0.05, 0) is 12.3 Å². The monoisotopic (exact) mass is 249 g/mol. The Morgan fingerprint density at radius 3 is 2.69 bits per heavy atom. The van der Waals surface area contributed by atoms with Crippen LogP contribution in [-0.4, -0.2) is 45.1 Å². The van der Waals surface area contributed by atoms with Crippen molar-refractivity contribution >= 4 is 15.8 Å². The zero-order valence-electron chi connectivity index (χ0n) is 9.73. The molecule has 0 aromatic carbocycles. The average molecular weight is 249 g/mol. The summed E-state index contributed by atoms with van der Waals surface area (Å²) in [6.45, 7) is 4.42. The van der Waals surface area contributed by atoms with E-state index in [1.54, 1.807) is 0 Å². The third-order valence-electron chi connectivity index (χ3n) is 2.35. The number of ether oxygens (including phenoxy) is 1. The molecule has 1 rings (SSSR count). The highest BCUT2D eigenvalue weighted by Crippen LogP contribution is 2.10. The molecular weight excluding hydrogens is 230 g/mol. The summed E-state index contributed by atoms with van der Waals surface area (Å²) >= 11 is 0. The van der Waals surface area contributed by atoms with Crippen LogP contribution in [0.15, 0.2) is 0 Å². The molecule has 0 aromatic heterocycles. The number of carbonyl (C=O) groups is 1. The summed E-state index contributed by atoms with van der Waals surface area (Å²) in [6, 6.07) is -0.100. The number of sulfone groups is 1. The highest BCUT2D eigenvalue weighted by atomic mass is 32.2. The maximum Gasteiger partial charge on any atom is 0.319 e. The molecule has 1 heterocycles. The minimum absolute atomic E-state index is 0.0902. The van der Waals surface area contributed by atoms with Gasteiger partial charge in [-0.15, -0.1) is 0 Å². The van der Waals surface area contributed by atoms with Crippen LogP contribution in [0.25, 0.3) is 0 Å². The Labute approximate surface area is 96.5 Å². The van der Waals surface area contributed by atoms with Crippen molar-refractivity contribution in [3.05, 3.63) is 0 Å². The Hall–Kier alpha value is -0.620. The number of rotatable bonds is 5. The summed E-state index contributed by atoms with van der Waals surface area (Å²) in [6.07, 6.45) is 0.583. The highest BCUT2D eigenvalue weighted by Gasteiger charge is 2.27. The highest BCUT2D eigenvalue weighted by molar-refractivity contribution is 7.91. The van der Waals surface area contributed by atoms with Gasteiger partial charge in [-0.1, -0.05) is 13.8 Å². The number of nitrogens with one attached hydrogen (secondary N) is 1. The van der Waals surface area contributed by atoms with E-state index in [9.17, 15) is 13.2 Å². The van der Waals surface area contributed by atoms with Crippen molar-refractivity contribution in [2.75, 3.05) is 24.7 Å². The van der Waals surface area contributed by atoms with Gasteiger partial charge < -0.3 is 10.1 Å². The largest absolute Gasteiger partial charge is 0.464 e. The Bertz CT molecular complexity index is 337. The topological polar surface area (TPSA) is 72.5 Å². The summed E-state index contributed by atoms with van der Waals surface area (Å²) in [5, 5.41) is 2.91. The molecule has 0 saturated carbocycles. The molecule has 0 spiro atoms. The van der Waals surface area contributed by atoms with Gasteiger partial charge in [0.15, 0.2) is 9.84 Å². The summed E-state index contributed by atoms with van der Waals surface area (Å²) in [5.41, 5.74) is 0.